The second-order valence-electron chi connectivity index (χ2n) is 7.71. The number of aryl methyl sites for hydroxylation is 1. The number of nitrogens with zero attached hydrogens (tertiary/aromatic N) is 5. The predicted molar refractivity (Wildman–Crippen MR) is 121 cm³/mol. The number of rotatable bonds is 6. The van der Waals surface area contributed by atoms with Gasteiger partial charge >= 0.3 is 5.97 Å². The number of piperazine rings is 1. The number of nitrogens with one attached hydrogen (secondary N) is 1. The van der Waals surface area contributed by atoms with Crippen LogP contribution in [-0.2, 0) is 11.3 Å². The minimum atomic E-state index is -0.445. The minimum Gasteiger partial charge on any atom is -0.462 e. The number of anilines is 1. The Morgan fingerprint density at radius 2 is 1.97 bits per heavy atom. The molecular weight excluding hydrogens is 404 g/mol. The highest BCUT2D eigenvalue weighted by Gasteiger charge is 2.23. The highest BCUT2D eigenvalue weighted by Crippen LogP contribution is 2.23. The zero-order chi connectivity index (χ0) is 22.5. The van der Waals surface area contributed by atoms with Crippen molar-refractivity contribution in [3.8, 4) is 17.5 Å². The van der Waals surface area contributed by atoms with Gasteiger partial charge in [0.15, 0.2) is 0 Å². The number of pyridine rings is 1. The van der Waals surface area contributed by atoms with Gasteiger partial charge in [-0.2, -0.15) is 5.26 Å². The van der Waals surface area contributed by atoms with E-state index in [0.717, 1.165) is 49.8 Å². The molecule has 0 atom stereocenters. The monoisotopic (exact) mass is 430 g/mol. The Morgan fingerprint density at radius 3 is 2.66 bits per heavy atom. The maximum atomic E-state index is 12.1. The van der Waals surface area contributed by atoms with Gasteiger partial charge in [0, 0.05) is 50.2 Å². The molecule has 0 aliphatic carbocycles. The Balaban J connectivity index is 1.41. The summed E-state index contributed by atoms with van der Waals surface area (Å²) in [7, 11) is 0. The first-order valence-corrected chi connectivity index (χ1v) is 10.7. The van der Waals surface area contributed by atoms with E-state index in [4.69, 9.17) is 4.74 Å². The molecule has 1 aliphatic heterocycles. The van der Waals surface area contributed by atoms with Gasteiger partial charge < -0.3 is 14.6 Å². The average Bonchev–Trinajstić information content (AvgIpc) is 3.28. The lowest BCUT2D eigenvalue weighted by Gasteiger charge is -2.35. The molecule has 1 fully saturated rings. The molecule has 0 spiro atoms. The van der Waals surface area contributed by atoms with Crippen LogP contribution in [0.25, 0.3) is 11.4 Å². The van der Waals surface area contributed by atoms with Crippen molar-refractivity contribution in [2.24, 2.45) is 0 Å². The van der Waals surface area contributed by atoms with Crippen molar-refractivity contribution < 1.29 is 9.53 Å². The van der Waals surface area contributed by atoms with Crippen molar-refractivity contribution in [3.63, 3.8) is 0 Å². The fourth-order valence-electron chi connectivity index (χ4n) is 3.87. The Kier molecular flexibility index (Phi) is 6.47. The van der Waals surface area contributed by atoms with Crippen LogP contribution >= 0.6 is 0 Å². The number of esters is 1. The molecule has 0 amide bonds. The summed E-state index contributed by atoms with van der Waals surface area (Å²) in [6.07, 6.45) is 1.89. The number of ether oxygens (including phenoxy) is 1. The van der Waals surface area contributed by atoms with E-state index in [0.29, 0.717) is 22.6 Å². The van der Waals surface area contributed by atoms with E-state index in [-0.39, 0.29) is 6.61 Å². The van der Waals surface area contributed by atoms with E-state index in [1.54, 1.807) is 19.9 Å². The highest BCUT2D eigenvalue weighted by molar-refractivity contribution is 5.91. The number of H-pyrrole nitrogens is 1. The lowest BCUT2D eigenvalue weighted by molar-refractivity contribution is 0.0525. The number of carbonyl (C=O) groups is 1. The summed E-state index contributed by atoms with van der Waals surface area (Å²) in [4.78, 5) is 29.1. The van der Waals surface area contributed by atoms with Gasteiger partial charge in [0.2, 0.25) is 0 Å². The second kappa shape index (κ2) is 9.62. The van der Waals surface area contributed by atoms with Crippen LogP contribution in [0.3, 0.4) is 0 Å². The van der Waals surface area contributed by atoms with Gasteiger partial charge in [-0.1, -0.05) is 30.3 Å². The Morgan fingerprint density at radius 1 is 1.22 bits per heavy atom. The van der Waals surface area contributed by atoms with Crippen molar-refractivity contribution in [2.45, 2.75) is 20.4 Å². The lowest BCUT2D eigenvalue weighted by Crippen LogP contribution is -2.46. The number of imidazole rings is 1. The number of nitriles is 1. The molecule has 1 aromatic carbocycles. The molecule has 32 heavy (non-hydrogen) atoms. The van der Waals surface area contributed by atoms with E-state index < -0.39 is 5.97 Å². The molecule has 1 saturated heterocycles. The lowest BCUT2D eigenvalue weighted by atomic mass is 10.1. The van der Waals surface area contributed by atoms with E-state index in [1.807, 2.05) is 36.5 Å². The third kappa shape index (κ3) is 4.63. The first-order chi connectivity index (χ1) is 15.6. The van der Waals surface area contributed by atoms with Crippen molar-refractivity contribution in [1.82, 2.24) is 19.9 Å². The van der Waals surface area contributed by atoms with Crippen LogP contribution in [0, 0.1) is 18.3 Å². The predicted octanol–water partition coefficient (Wildman–Crippen LogP) is 3.15. The molecule has 2 aromatic heterocycles. The molecule has 1 N–H and O–H groups in total. The van der Waals surface area contributed by atoms with Crippen molar-refractivity contribution in [3.05, 3.63) is 65.1 Å². The second-order valence-corrected chi connectivity index (χ2v) is 7.71. The number of benzene rings is 1. The van der Waals surface area contributed by atoms with Gasteiger partial charge in [-0.3, -0.25) is 4.90 Å². The first-order valence-electron chi connectivity index (χ1n) is 10.7. The van der Waals surface area contributed by atoms with Crippen LogP contribution < -0.4 is 4.90 Å². The molecule has 0 unspecified atom stereocenters. The molecule has 3 aromatic rings. The fraction of sp³-hybridized carbons (Fsp3) is 0.333. The Hall–Kier alpha value is -3.70. The van der Waals surface area contributed by atoms with Crippen LogP contribution in [0.4, 0.5) is 5.82 Å². The Bertz CT molecular complexity index is 1130. The summed E-state index contributed by atoms with van der Waals surface area (Å²) >= 11 is 0. The third-order valence-corrected chi connectivity index (χ3v) is 5.55. The molecule has 8 nitrogen and oxygen atoms in total. The van der Waals surface area contributed by atoms with Crippen molar-refractivity contribution >= 4 is 11.8 Å². The summed E-state index contributed by atoms with van der Waals surface area (Å²) in [6, 6.07) is 13.9. The summed E-state index contributed by atoms with van der Waals surface area (Å²) in [5.74, 6) is 1.06. The van der Waals surface area contributed by atoms with Gasteiger partial charge in [0.25, 0.3) is 0 Å². The summed E-state index contributed by atoms with van der Waals surface area (Å²) in [5.41, 5.74) is 3.46. The summed E-state index contributed by atoms with van der Waals surface area (Å²) < 4.78 is 5.08. The summed E-state index contributed by atoms with van der Waals surface area (Å²) in [6.45, 7) is 7.77. The zero-order valence-corrected chi connectivity index (χ0v) is 18.3. The first kappa shape index (κ1) is 21.5. The quantitative estimate of drug-likeness (QED) is 0.600. The largest absolute Gasteiger partial charge is 0.462 e. The minimum absolute atomic E-state index is 0.285. The number of hydrogen-bond acceptors (Lipinski definition) is 7. The molecular formula is C24H26N6O2. The van der Waals surface area contributed by atoms with E-state index >= 15 is 0 Å². The van der Waals surface area contributed by atoms with E-state index in [2.05, 4.69) is 30.8 Å². The number of aromatic nitrogens is 3. The van der Waals surface area contributed by atoms with Gasteiger partial charge in [-0.25, -0.2) is 14.8 Å². The molecule has 1 aliphatic rings. The summed E-state index contributed by atoms with van der Waals surface area (Å²) in [5, 5.41) is 9.63. The van der Waals surface area contributed by atoms with Gasteiger partial charge in [-0.05, 0) is 19.9 Å². The van der Waals surface area contributed by atoms with Gasteiger partial charge in [-0.15, -0.1) is 0 Å². The van der Waals surface area contributed by atoms with Gasteiger partial charge in [0.1, 0.15) is 17.7 Å². The SMILES string of the molecule is CCOC(=O)c1cc(C#N)c(N2CCN(Cc3cnc(-c4ccccc4)[nH]3)CC2)nc1C. The normalized spacial score (nSPS) is 14.2. The van der Waals surface area contributed by atoms with Gasteiger partial charge in [0.05, 0.1) is 23.4 Å². The number of carbonyl (C=O) groups excluding carboxylic acids is 1. The smallest absolute Gasteiger partial charge is 0.340 e. The Labute approximate surface area is 187 Å². The molecule has 164 valence electrons. The van der Waals surface area contributed by atoms with Crippen LogP contribution in [0.5, 0.6) is 0 Å². The maximum absolute atomic E-state index is 12.1. The van der Waals surface area contributed by atoms with Crippen LogP contribution in [0.2, 0.25) is 0 Å². The number of aromatic amines is 1. The standard InChI is InChI=1S/C24H26N6O2/c1-3-32-24(31)21-13-19(14-25)23(27-17(21)2)30-11-9-29(10-12-30)16-20-15-26-22(28-20)18-7-5-4-6-8-18/h4-8,13,15H,3,9-12,16H2,1-2H3,(H,26,28). The third-order valence-electron chi connectivity index (χ3n) is 5.55. The van der Waals surface area contributed by atoms with Crippen LogP contribution in [0.15, 0.2) is 42.6 Å². The zero-order valence-electron chi connectivity index (χ0n) is 18.3. The molecule has 0 saturated carbocycles. The number of hydrogen-bond donors (Lipinski definition) is 1. The van der Waals surface area contributed by atoms with E-state index in [1.165, 1.54) is 0 Å². The molecule has 3 heterocycles. The average molecular weight is 431 g/mol. The van der Waals surface area contributed by atoms with E-state index in [9.17, 15) is 10.1 Å². The molecule has 4 rings (SSSR count). The molecule has 0 radical (unpaired) electrons. The highest BCUT2D eigenvalue weighted by atomic mass is 16.5. The van der Waals surface area contributed by atoms with Crippen LogP contribution in [0.1, 0.15) is 34.2 Å². The topological polar surface area (TPSA) is 98.1 Å². The van der Waals surface area contributed by atoms with Crippen molar-refractivity contribution in [1.29, 1.82) is 5.26 Å². The molecule has 8 heteroatoms. The van der Waals surface area contributed by atoms with Crippen LogP contribution in [-0.4, -0.2) is 58.6 Å². The maximum Gasteiger partial charge on any atom is 0.340 e. The van der Waals surface area contributed by atoms with Crippen molar-refractivity contribution in [2.75, 3.05) is 37.7 Å². The fourth-order valence-corrected chi connectivity index (χ4v) is 3.87. The molecule has 0 bridgehead atoms.